The quantitative estimate of drug-likeness (QED) is 0.753. The minimum absolute atomic E-state index is 0.126. The number of pyridine rings is 1. The molecule has 2 heterocycles. The molecule has 0 unspecified atom stereocenters. The second-order valence-corrected chi connectivity index (χ2v) is 8.59. The summed E-state index contributed by atoms with van der Waals surface area (Å²) in [4.78, 5) is 19.0. The van der Waals surface area contributed by atoms with E-state index in [2.05, 4.69) is 15.6 Å². The zero-order valence-corrected chi connectivity index (χ0v) is 18.0. The second-order valence-electron chi connectivity index (χ2n) is 8.59. The number of piperidine rings is 1. The molecule has 0 radical (unpaired) electrons. The van der Waals surface area contributed by atoms with Crippen molar-refractivity contribution in [2.75, 3.05) is 13.1 Å². The smallest absolute Gasteiger partial charge is 0.318 e. The molecule has 1 aliphatic rings. The highest BCUT2D eigenvalue weighted by Crippen LogP contribution is 2.19. The van der Waals surface area contributed by atoms with Gasteiger partial charge in [-0.05, 0) is 76.5 Å². The van der Waals surface area contributed by atoms with Crippen LogP contribution in [0, 0.1) is 5.82 Å². The number of amides is 2. The molecule has 1 aromatic heterocycles. The molecule has 1 aliphatic heterocycles. The Morgan fingerprint density at radius 1 is 1.20 bits per heavy atom. The molecule has 7 heteroatoms. The lowest BCUT2D eigenvalue weighted by Crippen LogP contribution is -2.49. The zero-order valence-electron chi connectivity index (χ0n) is 18.0. The maximum atomic E-state index is 13.2. The SMILES string of the molecule is CC(C)(C)Oc1ccc(CNC(=O)N(Cc2ccc(F)cn2)C2CCNCC2)cc1. The predicted octanol–water partition coefficient (Wildman–Crippen LogP) is 3.86. The van der Waals surface area contributed by atoms with Gasteiger partial charge in [-0.3, -0.25) is 4.98 Å². The summed E-state index contributed by atoms with van der Waals surface area (Å²) in [6, 6.07) is 10.7. The molecule has 162 valence electrons. The summed E-state index contributed by atoms with van der Waals surface area (Å²) in [5.41, 5.74) is 1.42. The normalized spacial score (nSPS) is 14.9. The van der Waals surface area contributed by atoms with Gasteiger partial charge in [0, 0.05) is 12.6 Å². The maximum Gasteiger partial charge on any atom is 0.318 e. The topological polar surface area (TPSA) is 66.5 Å². The summed E-state index contributed by atoms with van der Waals surface area (Å²) in [7, 11) is 0. The number of carbonyl (C=O) groups is 1. The number of rotatable bonds is 6. The minimum atomic E-state index is -0.379. The second kappa shape index (κ2) is 9.89. The van der Waals surface area contributed by atoms with E-state index in [1.807, 2.05) is 49.9 Å². The van der Waals surface area contributed by atoms with Gasteiger partial charge in [0.1, 0.15) is 17.2 Å². The maximum absolute atomic E-state index is 13.2. The van der Waals surface area contributed by atoms with Crippen molar-refractivity contribution in [1.82, 2.24) is 20.5 Å². The number of nitrogens with zero attached hydrogens (tertiary/aromatic N) is 2. The van der Waals surface area contributed by atoms with Gasteiger partial charge in [0.15, 0.2) is 0 Å². The van der Waals surface area contributed by atoms with Crippen LogP contribution in [0.25, 0.3) is 0 Å². The van der Waals surface area contributed by atoms with Crippen LogP contribution >= 0.6 is 0 Å². The zero-order chi connectivity index (χ0) is 21.6. The Kier molecular flexibility index (Phi) is 7.26. The van der Waals surface area contributed by atoms with Gasteiger partial charge in [-0.2, -0.15) is 0 Å². The lowest BCUT2D eigenvalue weighted by molar-refractivity contribution is 0.131. The summed E-state index contributed by atoms with van der Waals surface area (Å²) in [5, 5.41) is 6.34. The highest BCUT2D eigenvalue weighted by Gasteiger charge is 2.25. The lowest BCUT2D eigenvalue weighted by Gasteiger charge is -2.34. The minimum Gasteiger partial charge on any atom is -0.488 e. The molecule has 2 amide bonds. The van der Waals surface area contributed by atoms with Crippen LogP contribution in [-0.2, 0) is 13.1 Å². The monoisotopic (exact) mass is 414 g/mol. The summed E-state index contributed by atoms with van der Waals surface area (Å²) >= 11 is 0. The van der Waals surface area contributed by atoms with Crippen molar-refractivity contribution in [2.24, 2.45) is 0 Å². The molecule has 0 spiro atoms. The molecule has 0 saturated carbocycles. The number of urea groups is 1. The third-order valence-electron chi connectivity index (χ3n) is 4.92. The Morgan fingerprint density at radius 3 is 2.50 bits per heavy atom. The largest absolute Gasteiger partial charge is 0.488 e. The number of hydrogen-bond acceptors (Lipinski definition) is 4. The lowest BCUT2D eigenvalue weighted by atomic mass is 10.0. The molecule has 1 saturated heterocycles. The molecule has 3 rings (SSSR count). The number of hydrogen-bond donors (Lipinski definition) is 2. The van der Waals surface area contributed by atoms with Crippen LogP contribution in [0.2, 0.25) is 0 Å². The van der Waals surface area contributed by atoms with Crippen LogP contribution in [0.1, 0.15) is 44.9 Å². The van der Waals surface area contributed by atoms with Crippen molar-refractivity contribution < 1.29 is 13.9 Å². The van der Waals surface area contributed by atoms with Crippen LogP contribution in [0.15, 0.2) is 42.6 Å². The van der Waals surface area contributed by atoms with Gasteiger partial charge < -0.3 is 20.3 Å². The molecule has 30 heavy (non-hydrogen) atoms. The fourth-order valence-corrected chi connectivity index (χ4v) is 3.47. The fourth-order valence-electron chi connectivity index (χ4n) is 3.47. The van der Waals surface area contributed by atoms with E-state index in [0.717, 1.165) is 37.2 Å². The first-order valence-corrected chi connectivity index (χ1v) is 10.4. The Labute approximate surface area is 177 Å². The van der Waals surface area contributed by atoms with E-state index < -0.39 is 0 Å². The van der Waals surface area contributed by atoms with E-state index in [0.29, 0.717) is 18.8 Å². The van der Waals surface area contributed by atoms with Gasteiger partial charge in [0.25, 0.3) is 0 Å². The number of halogens is 1. The van der Waals surface area contributed by atoms with Crippen LogP contribution < -0.4 is 15.4 Å². The van der Waals surface area contributed by atoms with Crippen molar-refractivity contribution in [1.29, 1.82) is 0 Å². The van der Waals surface area contributed by atoms with E-state index in [1.165, 1.54) is 12.3 Å². The van der Waals surface area contributed by atoms with E-state index >= 15 is 0 Å². The first-order chi connectivity index (χ1) is 14.3. The Morgan fingerprint density at radius 2 is 1.90 bits per heavy atom. The van der Waals surface area contributed by atoms with Gasteiger partial charge in [0.05, 0.1) is 18.4 Å². The first-order valence-electron chi connectivity index (χ1n) is 10.4. The highest BCUT2D eigenvalue weighted by molar-refractivity contribution is 5.74. The molecule has 6 nitrogen and oxygen atoms in total. The van der Waals surface area contributed by atoms with Gasteiger partial charge >= 0.3 is 6.03 Å². The molecule has 2 N–H and O–H groups in total. The van der Waals surface area contributed by atoms with Gasteiger partial charge in [-0.25, -0.2) is 9.18 Å². The summed E-state index contributed by atoms with van der Waals surface area (Å²) < 4.78 is 19.0. The van der Waals surface area contributed by atoms with Crippen molar-refractivity contribution in [3.8, 4) is 5.75 Å². The van der Waals surface area contributed by atoms with Crippen LogP contribution in [-0.4, -0.2) is 40.6 Å². The molecule has 1 aromatic carbocycles. The van der Waals surface area contributed by atoms with E-state index in [1.54, 1.807) is 6.07 Å². The molecule has 1 fully saturated rings. The average Bonchev–Trinajstić information content (AvgIpc) is 2.72. The molecule has 0 bridgehead atoms. The molecule has 2 aromatic rings. The Hall–Kier alpha value is -2.67. The van der Waals surface area contributed by atoms with E-state index in [9.17, 15) is 9.18 Å². The Bertz CT molecular complexity index is 813. The van der Waals surface area contributed by atoms with Gasteiger partial charge in [-0.15, -0.1) is 0 Å². The van der Waals surface area contributed by atoms with Crippen molar-refractivity contribution >= 4 is 6.03 Å². The highest BCUT2D eigenvalue weighted by atomic mass is 19.1. The van der Waals surface area contributed by atoms with E-state index in [4.69, 9.17) is 4.74 Å². The molecular formula is C23H31FN4O2. The third kappa shape index (κ3) is 6.69. The standard InChI is InChI=1S/C23H31FN4O2/c1-23(2,3)30-21-8-4-17(5-9-21)14-27-22(29)28(20-10-12-25-13-11-20)16-19-7-6-18(24)15-26-19/h4-9,15,20,25H,10-14,16H2,1-3H3,(H,27,29). The van der Waals surface area contributed by atoms with Crippen LogP contribution in [0.5, 0.6) is 5.75 Å². The molecular weight excluding hydrogens is 383 g/mol. The third-order valence-corrected chi connectivity index (χ3v) is 4.92. The van der Waals surface area contributed by atoms with Crippen molar-refractivity contribution in [3.05, 3.63) is 59.7 Å². The summed E-state index contributed by atoms with van der Waals surface area (Å²) in [6.45, 7) is 8.55. The van der Waals surface area contributed by atoms with E-state index in [-0.39, 0.29) is 23.5 Å². The Balaban J connectivity index is 1.63. The number of nitrogens with one attached hydrogen (secondary N) is 2. The van der Waals surface area contributed by atoms with Gasteiger partial charge in [0.2, 0.25) is 0 Å². The van der Waals surface area contributed by atoms with Crippen molar-refractivity contribution in [3.63, 3.8) is 0 Å². The molecule has 0 aliphatic carbocycles. The summed E-state index contributed by atoms with van der Waals surface area (Å²) in [6.07, 6.45) is 2.95. The van der Waals surface area contributed by atoms with Crippen molar-refractivity contribution in [2.45, 2.75) is 58.3 Å². The molecule has 0 atom stereocenters. The average molecular weight is 415 g/mol. The number of ether oxygens (including phenoxy) is 1. The van der Waals surface area contributed by atoms with Crippen LogP contribution in [0.4, 0.5) is 9.18 Å². The van der Waals surface area contributed by atoms with Crippen LogP contribution in [0.3, 0.4) is 0 Å². The number of benzene rings is 1. The first kappa shape index (κ1) is 22.0. The summed E-state index contributed by atoms with van der Waals surface area (Å²) in [5.74, 6) is 0.423. The predicted molar refractivity (Wildman–Crippen MR) is 115 cm³/mol. The van der Waals surface area contributed by atoms with Gasteiger partial charge in [-0.1, -0.05) is 12.1 Å². The number of carbonyl (C=O) groups excluding carboxylic acids is 1. The fraction of sp³-hybridized carbons (Fsp3) is 0.478. The number of aromatic nitrogens is 1.